The van der Waals surface area contributed by atoms with Gasteiger partial charge in [-0.15, -0.1) is 0 Å². The summed E-state index contributed by atoms with van der Waals surface area (Å²) >= 11 is 0. The van der Waals surface area contributed by atoms with Gasteiger partial charge in [-0.1, -0.05) is 18.7 Å². The largest absolute Gasteiger partial charge is 0.493 e. The molecule has 0 aliphatic heterocycles. The van der Waals surface area contributed by atoms with Crippen LogP contribution in [0.4, 0.5) is 30.7 Å². The molecule has 0 spiro atoms. The number of carbonyl (C=O) groups is 1. The number of halogens is 7. The molecule has 0 aliphatic rings. The van der Waals surface area contributed by atoms with Crippen molar-refractivity contribution in [2.24, 2.45) is 0 Å². The fraction of sp³-hybridized carbons (Fsp3) is 0.238. The molecule has 1 heterocycles. The van der Waals surface area contributed by atoms with Crippen LogP contribution in [-0.2, 0) is 23.2 Å². The molecule has 0 fully saturated rings. The third kappa shape index (κ3) is 4.91. The van der Waals surface area contributed by atoms with E-state index in [-0.39, 0.29) is 38.6 Å². The van der Waals surface area contributed by atoms with Gasteiger partial charge in [-0.3, -0.25) is 4.79 Å². The van der Waals surface area contributed by atoms with Crippen LogP contribution >= 0.6 is 0 Å². The molecule has 179 valence electrons. The van der Waals surface area contributed by atoms with Crippen molar-refractivity contribution in [3.8, 4) is 11.6 Å². The summed E-state index contributed by atoms with van der Waals surface area (Å²) in [5.41, 5.74) is -4.71. The van der Waals surface area contributed by atoms with Crippen LogP contribution in [0.25, 0.3) is 5.69 Å². The summed E-state index contributed by atoms with van der Waals surface area (Å²) in [5.74, 6) is -12.4. The van der Waals surface area contributed by atoms with Crippen molar-refractivity contribution in [3.63, 3.8) is 0 Å². The van der Waals surface area contributed by atoms with Crippen molar-refractivity contribution in [2.45, 2.75) is 33.9 Å². The molecule has 1 N–H and O–H groups in total. The van der Waals surface area contributed by atoms with Crippen molar-refractivity contribution in [2.75, 3.05) is 0 Å². The third-order valence-electron chi connectivity index (χ3n) is 4.46. The third-order valence-corrected chi connectivity index (χ3v) is 4.46. The van der Waals surface area contributed by atoms with Crippen molar-refractivity contribution < 1.29 is 57.7 Å². The summed E-state index contributed by atoms with van der Waals surface area (Å²) in [6.45, 7) is 9.52. The summed E-state index contributed by atoms with van der Waals surface area (Å²) in [4.78, 5) is 13.0. The zero-order valence-corrected chi connectivity index (χ0v) is 18.8. The molecule has 1 aromatic carbocycles. The normalized spacial score (nSPS) is 12.6. The van der Waals surface area contributed by atoms with Crippen LogP contribution in [0.15, 0.2) is 35.5 Å². The first kappa shape index (κ1) is 28.2. The van der Waals surface area contributed by atoms with E-state index in [0.717, 1.165) is 6.92 Å². The van der Waals surface area contributed by atoms with Gasteiger partial charge in [0.05, 0.1) is 5.69 Å². The van der Waals surface area contributed by atoms with Gasteiger partial charge in [0.15, 0.2) is 23.3 Å². The number of allylic oxidation sites excluding steroid dienone is 5. The number of aryl methyl sites for hydroxylation is 1. The van der Waals surface area contributed by atoms with E-state index in [9.17, 15) is 40.6 Å². The summed E-state index contributed by atoms with van der Waals surface area (Å²) in [6.07, 6.45) is -2.57. The van der Waals surface area contributed by atoms with E-state index in [1.54, 1.807) is 26.0 Å². The Morgan fingerprint density at radius 1 is 1.06 bits per heavy atom. The fourth-order valence-electron chi connectivity index (χ4n) is 3.16. The summed E-state index contributed by atoms with van der Waals surface area (Å²) in [7, 11) is 0. The Morgan fingerprint density at radius 3 is 1.94 bits per heavy atom. The number of alkyl halides is 3. The predicted octanol–water partition coefficient (Wildman–Crippen LogP) is 6.11. The van der Waals surface area contributed by atoms with Gasteiger partial charge in [-0.05, 0) is 38.8 Å². The SMILES string of the molecule is C=C(C)/C(C(=O)c1c(C)nn(-c2c(F)c(F)c(C(F)(F)F)c(F)c2F)c1O)=C(C)\C=C/C.[Mn]. The minimum Gasteiger partial charge on any atom is -0.493 e. The molecule has 12 heteroatoms. The van der Waals surface area contributed by atoms with E-state index in [0.29, 0.717) is 5.57 Å². The van der Waals surface area contributed by atoms with Crippen LogP contribution in [0, 0.1) is 30.2 Å². The molecule has 0 saturated carbocycles. The number of Topliss-reactive ketones (excluding diaryl/α,β-unsaturated/α-hetero) is 1. The van der Waals surface area contributed by atoms with Crippen molar-refractivity contribution in [1.82, 2.24) is 9.78 Å². The Labute approximate surface area is 194 Å². The Kier molecular flexibility index (Phi) is 8.51. The van der Waals surface area contributed by atoms with Crippen molar-refractivity contribution in [1.29, 1.82) is 0 Å². The smallest absolute Gasteiger partial charge is 0.422 e. The monoisotopic (exact) mass is 517 g/mol. The molecule has 0 aliphatic carbocycles. The second-order valence-electron chi connectivity index (χ2n) is 6.84. The molecule has 0 saturated heterocycles. The number of rotatable bonds is 5. The maximum atomic E-state index is 14.4. The van der Waals surface area contributed by atoms with Gasteiger partial charge < -0.3 is 5.11 Å². The van der Waals surface area contributed by atoms with E-state index in [1.165, 1.54) is 6.92 Å². The molecular weight excluding hydrogens is 500 g/mol. The first-order valence-electron chi connectivity index (χ1n) is 8.92. The number of aromatic nitrogens is 2. The van der Waals surface area contributed by atoms with Crippen LogP contribution in [0.1, 0.15) is 42.4 Å². The quantitative estimate of drug-likeness (QED) is 0.130. The van der Waals surface area contributed by atoms with Crippen molar-refractivity contribution in [3.05, 3.63) is 75.5 Å². The number of ketones is 1. The van der Waals surface area contributed by atoms with E-state index in [4.69, 9.17) is 0 Å². The number of nitrogens with zero attached hydrogens (tertiary/aromatic N) is 2. The maximum absolute atomic E-state index is 14.4. The molecule has 0 unspecified atom stereocenters. The van der Waals surface area contributed by atoms with Gasteiger partial charge >= 0.3 is 6.18 Å². The number of hydrogen-bond acceptors (Lipinski definition) is 3. The molecule has 4 nitrogen and oxygen atoms in total. The number of aromatic hydroxyl groups is 1. The number of carbonyl (C=O) groups excluding carboxylic acids is 1. The topological polar surface area (TPSA) is 55.1 Å². The standard InChI is InChI=1S/C21H17F7N2O2.Mn/c1-6-7-9(4)11(8(2)3)19(31)12-10(5)29-30(20(12)32)18-16(24)14(22)13(21(26,27)28)15(23)17(18)25;/h6-7,32H,2H2,1,3-5H3;/b7-6-,11-9+;. The fourth-order valence-corrected chi connectivity index (χ4v) is 3.16. The minimum absolute atomic E-state index is 0. The summed E-state index contributed by atoms with van der Waals surface area (Å²) in [6, 6.07) is 0. The average Bonchev–Trinajstić information content (AvgIpc) is 2.93. The molecule has 0 atom stereocenters. The Bertz CT molecular complexity index is 1170. The van der Waals surface area contributed by atoms with E-state index >= 15 is 0 Å². The molecule has 2 aromatic rings. The van der Waals surface area contributed by atoms with Gasteiger partial charge in [0.2, 0.25) is 11.7 Å². The molecule has 2 rings (SSSR count). The van der Waals surface area contributed by atoms with Crippen LogP contribution < -0.4 is 0 Å². The number of benzene rings is 1. The molecular formula is C21H17F7MnN2O2. The zero-order chi connectivity index (χ0) is 24.7. The van der Waals surface area contributed by atoms with Gasteiger partial charge in [-0.25, -0.2) is 17.6 Å². The van der Waals surface area contributed by atoms with Gasteiger partial charge in [0.25, 0.3) is 0 Å². The van der Waals surface area contributed by atoms with E-state index < -0.39 is 57.9 Å². The number of hydrogen-bond donors (Lipinski definition) is 1. The minimum atomic E-state index is -5.73. The molecule has 0 amide bonds. The van der Waals surface area contributed by atoms with Crippen LogP contribution in [0.5, 0.6) is 5.88 Å². The second-order valence-corrected chi connectivity index (χ2v) is 6.84. The van der Waals surface area contributed by atoms with Gasteiger partial charge in [0.1, 0.15) is 16.8 Å². The average molecular weight is 517 g/mol. The van der Waals surface area contributed by atoms with Crippen LogP contribution in [0.2, 0.25) is 0 Å². The second kappa shape index (κ2) is 9.96. The summed E-state index contributed by atoms with van der Waals surface area (Å²) in [5, 5.41) is 14.0. The van der Waals surface area contributed by atoms with Gasteiger partial charge in [-0.2, -0.15) is 23.0 Å². The van der Waals surface area contributed by atoms with Gasteiger partial charge in [0, 0.05) is 22.6 Å². The van der Waals surface area contributed by atoms with Crippen LogP contribution in [0.3, 0.4) is 0 Å². The first-order valence-corrected chi connectivity index (χ1v) is 8.92. The molecule has 0 bridgehead atoms. The molecule has 1 aromatic heterocycles. The molecule has 1 radical (unpaired) electrons. The summed E-state index contributed by atoms with van der Waals surface area (Å²) < 4.78 is 95.1. The zero-order valence-electron chi connectivity index (χ0n) is 17.6. The Hall–Kier alpha value is -2.85. The van der Waals surface area contributed by atoms with E-state index in [1.807, 2.05) is 0 Å². The first-order chi connectivity index (χ1) is 14.7. The predicted molar refractivity (Wildman–Crippen MR) is 101 cm³/mol. The Morgan fingerprint density at radius 2 is 1.55 bits per heavy atom. The Balaban J connectivity index is 0.00000544. The maximum Gasteiger partial charge on any atom is 0.422 e. The molecule has 33 heavy (non-hydrogen) atoms. The van der Waals surface area contributed by atoms with E-state index in [2.05, 4.69) is 11.7 Å². The van der Waals surface area contributed by atoms with Crippen molar-refractivity contribution >= 4 is 5.78 Å². The van der Waals surface area contributed by atoms with Crippen LogP contribution in [-0.4, -0.2) is 20.7 Å².